The van der Waals surface area contributed by atoms with Crippen LogP contribution in [-0.4, -0.2) is 82.9 Å². The van der Waals surface area contributed by atoms with Crippen LogP contribution in [0.25, 0.3) is 0 Å². The predicted molar refractivity (Wildman–Crippen MR) is 114 cm³/mol. The van der Waals surface area contributed by atoms with Crippen LogP contribution < -0.4 is 5.32 Å². The third-order valence-corrected chi connectivity index (χ3v) is 3.56. The summed E-state index contributed by atoms with van der Waals surface area (Å²) in [5.41, 5.74) is 1.11. The molecule has 2 N–H and O–H groups in total. The monoisotopic (exact) mass is 400 g/mol. The van der Waals surface area contributed by atoms with Gasteiger partial charge < -0.3 is 29.4 Å². The fourth-order valence-electron chi connectivity index (χ4n) is 2.21. The summed E-state index contributed by atoms with van der Waals surface area (Å²) in [7, 11) is 0. The molecule has 0 aromatic heterocycles. The Bertz CT molecular complexity index is 402. The fourth-order valence-corrected chi connectivity index (χ4v) is 2.21. The molecule has 0 aromatic carbocycles. The summed E-state index contributed by atoms with van der Waals surface area (Å²) in [6, 6.07) is 0.215. The van der Waals surface area contributed by atoms with Crippen LogP contribution >= 0.6 is 0 Å². The normalized spacial score (nSPS) is 13.2. The van der Waals surface area contributed by atoms with Gasteiger partial charge in [0.05, 0.1) is 58.9 Å². The summed E-state index contributed by atoms with van der Waals surface area (Å²) in [4.78, 5) is 4.75. The maximum absolute atomic E-state index is 8.56. The van der Waals surface area contributed by atoms with Crippen molar-refractivity contribution in [3.63, 3.8) is 0 Å². The number of nitrogens with one attached hydrogen (secondary N) is 1. The average Bonchev–Trinajstić information content (AvgIpc) is 2.70. The quantitative estimate of drug-likeness (QED) is 0.227. The van der Waals surface area contributed by atoms with Gasteiger partial charge in [0.25, 0.3) is 0 Å². The van der Waals surface area contributed by atoms with Gasteiger partial charge in [-0.2, -0.15) is 0 Å². The lowest BCUT2D eigenvalue weighted by Gasteiger charge is -2.10. The Kier molecular flexibility index (Phi) is 21.1. The second kappa shape index (κ2) is 22.0. The molecule has 0 aliphatic carbocycles. The zero-order chi connectivity index (χ0) is 20.7. The third-order valence-electron chi connectivity index (χ3n) is 3.56. The molecule has 164 valence electrons. The molecular formula is C21H40N2O5. The molecule has 0 heterocycles. The number of hydrogen-bond acceptors (Lipinski definition) is 7. The molecule has 0 radical (unpaired) electrons. The lowest BCUT2D eigenvalue weighted by molar-refractivity contribution is -0.00555. The molecule has 0 rings (SSSR count). The van der Waals surface area contributed by atoms with Crippen molar-refractivity contribution < 1.29 is 24.1 Å². The highest BCUT2D eigenvalue weighted by Gasteiger charge is 2.01. The number of aliphatic hydroxyl groups excluding tert-OH is 1. The Morgan fingerprint density at radius 1 is 1.00 bits per heavy atom. The maximum atomic E-state index is 8.56. The summed E-state index contributed by atoms with van der Waals surface area (Å²) in [5, 5.41) is 11.7. The van der Waals surface area contributed by atoms with Crippen molar-refractivity contribution in [1.82, 2.24) is 5.32 Å². The second-order valence-corrected chi connectivity index (χ2v) is 6.17. The van der Waals surface area contributed by atoms with Crippen molar-refractivity contribution in [3.8, 4) is 0 Å². The third kappa shape index (κ3) is 19.5. The number of ether oxygens (including phenoxy) is 4. The SMILES string of the molecule is C=CNCC(C)/N=C(\C=C/CC)CCCOCCOCCOCCOCCO. The molecular weight excluding hydrogens is 360 g/mol. The summed E-state index contributed by atoms with van der Waals surface area (Å²) in [6.07, 6.45) is 8.80. The van der Waals surface area contributed by atoms with Crippen LogP contribution in [0.2, 0.25) is 0 Å². The molecule has 1 atom stereocenters. The highest BCUT2D eigenvalue weighted by atomic mass is 16.6. The lowest BCUT2D eigenvalue weighted by atomic mass is 10.2. The number of aliphatic hydroxyl groups is 1. The Morgan fingerprint density at radius 3 is 2.11 bits per heavy atom. The molecule has 0 saturated heterocycles. The van der Waals surface area contributed by atoms with E-state index in [0.29, 0.717) is 52.9 Å². The van der Waals surface area contributed by atoms with Crippen LogP contribution in [0.4, 0.5) is 0 Å². The first-order chi connectivity index (χ1) is 13.7. The molecule has 7 nitrogen and oxygen atoms in total. The first-order valence-electron chi connectivity index (χ1n) is 10.2. The highest BCUT2D eigenvalue weighted by Crippen LogP contribution is 2.01. The van der Waals surface area contributed by atoms with E-state index in [2.05, 4.69) is 37.9 Å². The van der Waals surface area contributed by atoms with Crippen LogP contribution in [0.3, 0.4) is 0 Å². The topological polar surface area (TPSA) is 81.5 Å². The van der Waals surface area contributed by atoms with E-state index in [4.69, 9.17) is 29.0 Å². The van der Waals surface area contributed by atoms with E-state index in [9.17, 15) is 0 Å². The molecule has 0 amide bonds. The second-order valence-electron chi connectivity index (χ2n) is 6.17. The minimum Gasteiger partial charge on any atom is -0.394 e. The zero-order valence-electron chi connectivity index (χ0n) is 17.7. The summed E-state index contributed by atoms with van der Waals surface area (Å²) in [6.45, 7) is 13.0. The number of allylic oxidation sites excluding steroid dienone is 2. The van der Waals surface area contributed by atoms with Gasteiger partial charge in [-0.3, -0.25) is 4.99 Å². The van der Waals surface area contributed by atoms with Crippen LogP contribution in [0.5, 0.6) is 0 Å². The number of hydrogen-bond donors (Lipinski definition) is 2. The van der Waals surface area contributed by atoms with Crippen molar-refractivity contribution in [1.29, 1.82) is 0 Å². The molecule has 0 saturated carbocycles. The molecule has 0 aliphatic rings. The van der Waals surface area contributed by atoms with Gasteiger partial charge in [0.1, 0.15) is 0 Å². The van der Waals surface area contributed by atoms with Crippen molar-refractivity contribution in [2.45, 2.75) is 39.2 Å². The predicted octanol–water partition coefficient (Wildman–Crippen LogP) is 2.35. The van der Waals surface area contributed by atoms with E-state index in [1.54, 1.807) is 6.20 Å². The molecule has 0 aliphatic heterocycles. The largest absolute Gasteiger partial charge is 0.394 e. The summed E-state index contributed by atoms with van der Waals surface area (Å²) in [5.74, 6) is 0. The molecule has 28 heavy (non-hydrogen) atoms. The van der Waals surface area contributed by atoms with Gasteiger partial charge in [-0.25, -0.2) is 0 Å². The van der Waals surface area contributed by atoms with Crippen molar-refractivity contribution in [3.05, 3.63) is 24.9 Å². The average molecular weight is 401 g/mol. The van der Waals surface area contributed by atoms with E-state index < -0.39 is 0 Å². The van der Waals surface area contributed by atoms with Crippen molar-refractivity contribution >= 4 is 5.71 Å². The Morgan fingerprint density at radius 2 is 1.57 bits per heavy atom. The summed E-state index contributed by atoms with van der Waals surface area (Å²) < 4.78 is 21.5. The molecule has 0 bridgehead atoms. The van der Waals surface area contributed by atoms with Crippen LogP contribution in [0.15, 0.2) is 29.9 Å². The minimum absolute atomic E-state index is 0.0407. The summed E-state index contributed by atoms with van der Waals surface area (Å²) >= 11 is 0. The smallest absolute Gasteiger partial charge is 0.0701 e. The van der Waals surface area contributed by atoms with Gasteiger partial charge in [-0.1, -0.05) is 19.6 Å². The molecule has 0 aromatic rings. The maximum Gasteiger partial charge on any atom is 0.0701 e. The number of nitrogens with zero attached hydrogens (tertiary/aromatic N) is 1. The zero-order valence-corrected chi connectivity index (χ0v) is 17.7. The van der Waals surface area contributed by atoms with Gasteiger partial charge in [-0.05, 0) is 38.5 Å². The van der Waals surface area contributed by atoms with Gasteiger partial charge >= 0.3 is 0 Å². The van der Waals surface area contributed by atoms with Crippen molar-refractivity contribution in [2.75, 3.05) is 66.0 Å². The standard InChI is InChI=1S/C21H40N2O5/c1-4-6-8-21(23-20(3)19-22-5-2)9-7-11-25-13-15-27-17-18-28-16-14-26-12-10-24/h5-6,8,20,22,24H,2,4,7,9-19H2,1,3H3/b8-6-,23-21+. The number of rotatable bonds is 21. The van der Waals surface area contributed by atoms with E-state index in [1.165, 1.54) is 0 Å². The Hall–Kier alpha value is -1.25. The molecule has 0 spiro atoms. The van der Waals surface area contributed by atoms with Crippen molar-refractivity contribution in [2.24, 2.45) is 4.99 Å². The van der Waals surface area contributed by atoms with E-state index in [-0.39, 0.29) is 12.6 Å². The first kappa shape index (κ1) is 26.8. The van der Waals surface area contributed by atoms with Crippen LogP contribution in [0.1, 0.15) is 33.1 Å². The number of aliphatic imine (C=N–C) groups is 1. The lowest BCUT2D eigenvalue weighted by Crippen LogP contribution is -2.19. The molecule has 1 unspecified atom stereocenters. The molecule has 0 fully saturated rings. The fraction of sp³-hybridized carbons (Fsp3) is 0.762. The van der Waals surface area contributed by atoms with Gasteiger partial charge in [-0.15, -0.1) is 0 Å². The Labute approximate surface area is 170 Å². The first-order valence-corrected chi connectivity index (χ1v) is 10.2. The Balaban J connectivity index is 3.65. The van der Waals surface area contributed by atoms with Gasteiger partial charge in [0.15, 0.2) is 0 Å². The van der Waals surface area contributed by atoms with Crippen LogP contribution in [0, 0.1) is 0 Å². The van der Waals surface area contributed by atoms with Gasteiger partial charge in [0.2, 0.25) is 0 Å². The molecule has 7 heteroatoms. The van der Waals surface area contributed by atoms with E-state index >= 15 is 0 Å². The van der Waals surface area contributed by atoms with Crippen LogP contribution in [-0.2, 0) is 18.9 Å². The minimum atomic E-state index is 0.0407. The van der Waals surface area contributed by atoms with E-state index in [1.807, 2.05) is 0 Å². The van der Waals surface area contributed by atoms with Gasteiger partial charge in [0, 0.05) is 18.9 Å². The van der Waals surface area contributed by atoms with E-state index in [0.717, 1.165) is 31.5 Å². The highest BCUT2D eigenvalue weighted by molar-refractivity contribution is 5.95.